The van der Waals surface area contributed by atoms with Crippen molar-refractivity contribution in [2.24, 2.45) is 0 Å². The van der Waals surface area contributed by atoms with Crippen LogP contribution in [0.5, 0.6) is 5.75 Å². The minimum Gasteiger partial charge on any atom is -0.490 e. The van der Waals surface area contributed by atoms with E-state index in [-0.39, 0.29) is 30.2 Å². The molecule has 190 valence electrons. The summed E-state index contributed by atoms with van der Waals surface area (Å²) in [7, 11) is 0. The summed E-state index contributed by atoms with van der Waals surface area (Å²) in [5.41, 5.74) is 3.00. The van der Waals surface area contributed by atoms with Gasteiger partial charge in [0.2, 0.25) is 11.8 Å². The third-order valence-electron chi connectivity index (χ3n) is 7.68. The summed E-state index contributed by atoms with van der Waals surface area (Å²) in [5, 5.41) is 5.69. The van der Waals surface area contributed by atoms with Crippen molar-refractivity contribution in [3.05, 3.63) is 65.2 Å². The van der Waals surface area contributed by atoms with Gasteiger partial charge in [-0.05, 0) is 80.3 Å². The number of hydrogen-bond donors (Lipinski definition) is 2. The molecule has 3 fully saturated rings. The molecule has 2 saturated heterocycles. The van der Waals surface area contributed by atoms with Gasteiger partial charge in [0.1, 0.15) is 11.8 Å². The van der Waals surface area contributed by atoms with Gasteiger partial charge in [-0.1, -0.05) is 36.8 Å². The highest BCUT2D eigenvalue weighted by molar-refractivity contribution is 6.05. The summed E-state index contributed by atoms with van der Waals surface area (Å²) in [6.07, 6.45) is 8.06. The molecular formula is C29H35N3O4. The van der Waals surface area contributed by atoms with Crippen LogP contribution in [-0.2, 0) is 16.1 Å². The highest BCUT2D eigenvalue weighted by Crippen LogP contribution is 2.31. The molecule has 2 aromatic carbocycles. The van der Waals surface area contributed by atoms with E-state index in [2.05, 4.69) is 41.0 Å². The number of imide groups is 1. The van der Waals surface area contributed by atoms with Crippen LogP contribution in [0.3, 0.4) is 0 Å². The van der Waals surface area contributed by atoms with Crippen LogP contribution in [0.25, 0.3) is 0 Å². The number of carbonyl (C=O) groups excluding carboxylic acids is 3. The molecule has 3 amide bonds. The Balaban J connectivity index is 0.000000202. The van der Waals surface area contributed by atoms with Gasteiger partial charge in [0.05, 0.1) is 6.10 Å². The number of carbonyl (C=O) groups is 3. The highest BCUT2D eigenvalue weighted by atomic mass is 16.5. The fraction of sp³-hybridized carbons (Fsp3) is 0.483. The Morgan fingerprint density at radius 1 is 0.889 bits per heavy atom. The van der Waals surface area contributed by atoms with Gasteiger partial charge in [-0.15, -0.1) is 0 Å². The predicted molar refractivity (Wildman–Crippen MR) is 137 cm³/mol. The van der Waals surface area contributed by atoms with Crippen LogP contribution in [0.2, 0.25) is 0 Å². The van der Waals surface area contributed by atoms with Crippen LogP contribution in [0.1, 0.15) is 78.8 Å². The number of fused-ring (bicyclic) bond motifs is 1. The Morgan fingerprint density at radius 2 is 1.69 bits per heavy atom. The first-order valence-electron chi connectivity index (χ1n) is 13.3. The smallest absolute Gasteiger partial charge is 0.255 e. The molecule has 36 heavy (non-hydrogen) atoms. The zero-order valence-electron chi connectivity index (χ0n) is 20.7. The fourth-order valence-electron chi connectivity index (χ4n) is 5.66. The Morgan fingerprint density at radius 3 is 2.42 bits per heavy atom. The zero-order valence-corrected chi connectivity index (χ0v) is 20.7. The van der Waals surface area contributed by atoms with E-state index in [4.69, 9.17) is 4.74 Å². The summed E-state index contributed by atoms with van der Waals surface area (Å²) in [5.74, 6) is 0.762. The predicted octanol–water partition coefficient (Wildman–Crippen LogP) is 3.92. The molecule has 3 aliphatic heterocycles. The molecule has 7 heteroatoms. The van der Waals surface area contributed by atoms with E-state index < -0.39 is 6.04 Å². The van der Waals surface area contributed by atoms with Crippen molar-refractivity contribution < 1.29 is 19.1 Å². The molecule has 0 spiro atoms. The maximum absolute atomic E-state index is 12.6. The number of nitrogens with one attached hydrogen (secondary N) is 2. The molecule has 1 saturated carbocycles. The van der Waals surface area contributed by atoms with Gasteiger partial charge in [-0.3, -0.25) is 19.7 Å². The molecule has 2 aromatic rings. The van der Waals surface area contributed by atoms with Crippen molar-refractivity contribution in [1.29, 1.82) is 0 Å². The topological polar surface area (TPSA) is 87.7 Å². The van der Waals surface area contributed by atoms with Crippen molar-refractivity contribution in [2.75, 3.05) is 13.1 Å². The monoisotopic (exact) mass is 489 g/mol. The molecule has 6 rings (SSSR count). The maximum Gasteiger partial charge on any atom is 0.255 e. The first kappa shape index (κ1) is 24.5. The largest absolute Gasteiger partial charge is 0.490 e. The molecule has 0 aromatic heterocycles. The van der Waals surface area contributed by atoms with Crippen molar-refractivity contribution in [3.63, 3.8) is 0 Å². The number of rotatable bonds is 4. The molecular weight excluding hydrogens is 454 g/mol. The van der Waals surface area contributed by atoms with E-state index >= 15 is 0 Å². The van der Waals surface area contributed by atoms with Crippen LogP contribution in [-0.4, -0.2) is 47.9 Å². The second-order valence-corrected chi connectivity index (χ2v) is 10.2. The van der Waals surface area contributed by atoms with E-state index in [1.807, 2.05) is 12.1 Å². The van der Waals surface area contributed by atoms with E-state index in [1.165, 1.54) is 37.8 Å². The summed E-state index contributed by atoms with van der Waals surface area (Å²) >= 11 is 0. The van der Waals surface area contributed by atoms with Crippen molar-refractivity contribution in [3.8, 4) is 5.75 Å². The number of amides is 3. The van der Waals surface area contributed by atoms with E-state index in [1.54, 1.807) is 11.0 Å². The van der Waals surface area contributed by atoms with Crippen LogP contribution >= 0.6 is 0 Å². The standard InChI is InChI=1S/C19H22N2O4.C10H13N/c22-17-9-8-16(18(23)20-17)21-11-12-10-14(6-7-15(12)19(21)24)25-13-4-2-1-3-5-13;1-2-4-9(5-3-1)10-6-7-11-8-10/h6-7,10,13,16H,1-5,8-9,11H2,(H,20,22,23);1-5,10-11H,6-8H2. The molecule has 0 bridgehead atoms. The van der Waals surface area contributed by atoms with Gasteiger partial charge < -0.3 is 15.0 Å². The van der Waals surface area contributed by atoms with E-state index in [0.717, 1.165) is 36.6 Å². The average Bonchev–Trinajstić information content (AvgIpc) is 3.54. The lowest BCUT2D eigenvalue weighted by atomic mass is 9.98. The molecule has 2 unspecified atom stereocenters. The first-order chi connectivity index (χ1) is 17.6. The normalized spacial score (nSPS) is 24.1. The van der Waals surface area contributed by atoms with Gasteiger partial charge in [0.25, 0.3) is 5.91 Å². The lowest BCUT2D eigenvalue weighted by Crippen LogP contribution is -2.52. The Bertz CT molecular complexity index is 1090. The quantitative estimate of drug-likeness (QED) is 0.636. The summed E-state index contributed by atoms with van der Waals surface area (Å²) in [6.45, 7) is 2.73. The van der Waals surface area contributed by atoms with Gasteiger partial charge in [0.15, 0.2) is 0 Å². The molecule has 3 heterocycles. The third kappa shape index (κ3) is 5.62. The third-order valence-corrected chi connectivity index (χ3v) is 7.68. The van der Waals surface area contributed by atoms with Gasteiger partial charge >= 0.3 is 0 Å². The molecule has 1 aliphatic carbocycles. The Labute approximate surface area is 212 Å². The summed E-state index contributed by atoms with van der Waals surface area (Å²) < 4.78 is 6.08. The second-order valence-electron chi connectivity index (χ2n) is 10.2. The Kier molecular flexibility index (Phi) is 7.66. The Hall–Kier alpha value is -3.19. The van der Waals surface area contributed by atoms with Crippen molar-refractivity contribution in [1.82, 2.24) is 15.5 Å². The van der Waals surface area contributed by atoms with Gasteiger partial charge in [-0.25, -0.2) is 0 Å². The summed E-state index contributed by atoms with van der Waals surface area (Å²) in [4.78, 5) is 37.6. The van der Waals surface area contributed by atoms with Crippen LogP contribution in [0.15, 0.2) is 48.5 Å². The van der Waals surface area contributed by atoms with Crippen LogP contribution < -0.4 is 15.4 Å². The second kappa shape index (κ2) is 11.2. The maximum atomic E-state index is 12.6. The SMILES string of the molecule is O=C1CCC(N2Cc3cc(OC4CCCCC4)ccc3C2=O)C(=O)N1.c1ccc(C2CCNC2)cc1. The molecule has 4 aliphatic rings. The lowest BCUT2D eigenvalue weighted by Gasteiger charge is -2.29. The summed E-state index contributed by atoms with van der Waals surface area (Å²) in [6, 6.07) is 15.7. The number of nitrogens with zero attached hydrogens (tertiary/aromatic N) is 1. The fourth-order valence-corrected chi connectivity index (χ4v) is 5.66. The van der Waals surface area contributed by atoms with Gasteiger partial charge in [-0.2, -0.15) is 0 Å². The lowest BCUT2D eigenvalue weighted by molar-refractivity contribution is -0.136. The number of hydrogen-bond acceptors (Lipinski definition) is 5. The highest BCUT2D eigenvalue weighted by Gasteiger charge is 2.39. The molecule has 2 atom stereocenters. The number of piperidine rings is 1. The average molecular weight is 490 g/mol. The zero-order chi connectivity index (χ0) is 24.9. The minimum atomic E-state index is -0.569. The van der Waals surface area contributed by atoms with Crippen LogP contribution in [0, 0.1) is 0 Å². The first-order valence-corrected chi connectivity index (χ1v) is 13.3. The molecule has 7 nitrogen and oxygen atoms in total. The molecule has 2 N–H and O–H groups in total. The van der Waals surface area contributed by atoms with Gasteiger partial charge in [0, 0.05) is 25.1 Å². The van der Waals surface area contributed by atoms with Crippen molar-refractivity contribution in [2.45, 2.75) is 76.0 Å². The van der Waals surface area contributed by atoms with E-state index in [0.29, 0.717) is 18.5 Å². The number of ether oxygens (including phenoxy) is 1. The van der Waals surface area contributed by atoms with Crippen LogP contribution in [0.4, 0.5) is 0 Å². The van der Waals surface area contributed by atoms with Crippen molar-refractivity contribution >= 4 is 17.7 Å². The minimum absolute atomic E-state index is 0.145. The molecule has 0 radical (unpaired) electrons. The van der Waals surface area contributed by atoms with E-state index in [9.17, 15) is 14.4 Å². The number of benzene rings is 2.